The Bertz CT molecular complexity index is 1300. The monoisotopic (exact) mass is 455 g/mol. The fourth-order valence-electron chi connectivity index (χ4n) is 3.06. The first-order valence-corrected chi connectivity index (χ1v) is 9.58. The van der Waals surface area contributed by atoms with Crippen molar-refractivity contribution in [1.82, 2.24) is 30.2 Å². The smallest absolute Gasteiger partial charge is 0.416 e. The predicted octanol–water partition coefficient (Wildman–Crippen LogP) is 3.61. The Labute approximate surface area is 184 Å². The molecule has 0 amide bonds. The van der Waals surface area contributed by atoms with Crippen LogP contribution in [0.15, 0.2) is 54.7 Å². The highest BCUT2D eigenvalue weighted by atomic mass is 19.4. The third kappa shape index (κ3) is 4.79. The van der Waals surface area contributed by atoms with Gasteiger partial charge >= 0.3 is 12.1 Å². The van der Waals surface area contributed by atoms with Gasteiger partial charge in [-0.15, -0.1) is 5.10 Å². The standard InChI is InChI=1S/C21H16F3N7O2/c1-12-5-7-15(8-6-12)31-19(28-29-30-31)16-10-25-20(26-11-17(32)33)27-18(16)13-3-2-4-14(9-13)21(22,23)24/h2-10H,11H2,1H3,(H,32,33)(H,25,26,27). The molecule has 0 unspecified atom stereocenters. The first kappa shape index (κ1) is 21.9. The Morgan fingerprint density at radius 3 is 2.61 bits per heavy atom. The number of aryl methyl sites for hydroxylation is 1. The van der Waals surface area contributed by atoms with E-state index in [0.717, 1.165) is 17.7 Å². The molecule has 0 spiro atoms. The zero-order valence-corrected chi connectivity index (χ0v) is 17.1. The summed E-state index contributed by atoms with van der Waals surface area (Å²) in [6.07, 6.45) is -3.22. The molecule has 0 aliphatic carbocycles. The molecule has 2 aromatic carbocycles. The van der Waals surface area contributed by atoms with E-state index in [1.54, 1.807) is 12.1 Å². The minimum absolute atomic E-state index is 0.0667. The van der Waals surface area contributed by atoms with Crippen LogP contribution in [0, 0.1) is 6.92 Å². The molecule has 0 saturated heterocycles. The topological polar surface area (TPSA) is 119 Å². The summed E-state index contributed by atoms with van der Waals surface area (Å²) in [5, 5.41) is 23.2. The summed E-state index contributed by atoms with van der Waals surface area (Å²) >= 11 is 0. The lowest BCUT2D eigenvalue weighted by atomic mass is 10.0. The minimum Gasteiger partial charge on any atom is -0.480 e. The van der Waals surface area contributed by atoms with E-state index in [-0.39, 0.29) is 28.6 Å². The summed E-state index contributed by atoms with van der Waals surface area (Å²) in [5.41, 5.74) is 1.30. The van der Waals surface area contributed by atoms with Crippen molar-refractivity contribution in [1.29, 1.82) is 0 Å². The van der Waals surface area contributed by atoms with Gasteiger partial charge in [-0.25, -0.2) is 9.97 Å². The molecule has 0 aliphatic rings. The Balaban J connectivity index is 1.87. The second-order valence-electron chi connectivity index (χ2n) is 7.03. The van der Waals surface area contributed by atoms with Crippen molar-refractivity contribution in [3.8, 4) is 28.3 Å². The quantitative estimate of drug-likeness (QED) is 0.453. The second kappa shape index (κ2) is 8.65. The zero-order valence-electron chi connectivity index (χ0n) is 17.1. The molecular weight excluding hydrogens is 439 g/mol. The summed E-state index contributed by atoms with van der Waals surface area (Å²) in [6, 6.07) is 11.9. The van der Waals surface area contributed by atoms with E-state index in [0.29, 0.717) is 5.69 Å². The molecule has 4 aromatic rings. The first-order chi connectivity index (χ1) is 15.7. The third-order valence-corrected chi connectivity index (χ3v) is 4.64. The van der Waals surface area contributed by atoms with Crippen LogP contribution in [0.3, 0.4) is 0 Å². The van der Waals surface area contributed by atoms with Gasteiger partial charge in [-0.2, -0.15) is 17.9 Å². The predicted molar refractivity (Wildman–Crippen MR) is 111 cm³/mol. The molecule has 33 heavy (non-hydrogen) atoms. The highest BCUT2D eigenvalue weighted by Crippen LogP contribution is 2.35. The molecule has 168 valence electrons. The van der Waals surface area contributed by atoms with Crippen LogP contribution in [0.1, 0.15) is 11.1 Å². The molecule has 12 heteroatoms. The van der Waals surface area contributed by atoms with Crippen molar-refractivity contribution in [2.24, 2.45) is 0 Å². The number of nitrogens with zero attached hydrogens (tertiary/aromatic N) is 6. The maximum Gasteiger partial charge on any atom is 0.416 e. The fourth-order valence-corrected chi connectivity index (χ4v) is 3.06. The van der Waals surface area contributed by atoms with Crippen LogP contribution in [0.5, 0.6) is 0 Å². The van der Waals surface area contributed by atoms with Crippen LogP contribution in [-0.2, 0) is 11.0 Å². The van der Waals surface area contributed by atoms with Crippen molar-refractivity contribution in [3.63, 3.8) is 0 Å². The normalized spacial score (nSPS) is 11.4. The number of carboxylic acids is 1. The van der Waals surface area contributed by atoms with E-state index >= 15 is 0 Å². The number of hydrogen-bond acceptors (Lipinski definition) is 7. The summed E-state index contributed by atoms with van der Waals surface area (Å²) in [6.45, 7) is 1.45. The van der Waals surface area contributed by atoms with Crippen LogP contribution in [-0.4, -0.2) is 47.8 Å². The number of carboxylic acid groups (broad SMARTS) is 1. The molecule has 9 nitrogen and oxygen atoms in total. The number of aromatic nitrogens is 6. The average Bonchev–Trinajstić information content (AvgIpc) is 3.27. The molecule has 2 N–H and O–H groups in total. The Morgan fingerprint density at radius 2 is 1.91 bits per heavy atom. The van der Waals surface area contributed by atoms with Gasteiger partial charge in [0, 0.05) is 11.8 Å². The summed E-state index contributed by atoms with van der Waals surface area (Å²) in [4.78, 5) is 19.3. The number of hydrogen-bond donors (Lipinski definition) is 2. The molecule has 4 rings (SSSR count). The molecule has 0 fully saturated rings. The van der Waals surface area contributed by atoms with Crippen LogP contribution < -0.4 is 5.32 Å². The van der Waals surface area contributed by atoms with E-state index in [9.17, 15) is 18.0 Å². The van der Waals surface area contributed by atoms with Gasteiger partial charge in [-0.05, 0) is 41.6 Å². The van der Waals surface area contributed by atoms with Gasteiger partial charge in [-0.3, -0.25) is 4.79 Å². The van der Waals surface area contributed by atoms with Gasteiger partial charge in [0.1, 0.15) is 6.54 Å². The van der Waals surface area contributed by atoms with Crippen LogP contribution in [0.4, 0.5) is 19.1 Å². The van der Waals surface area contributed by atoms with Gasteiger partial charge in [-0.1, -0.05) is 29.8 Å². The number of nitrogens with one attached hydrogen (secondary N) is 1. The fraction of sp³-hybridized carbons (Fsp3) is 0.143. The Morgan fingerprint density at radius 1 is 1.15 bits per heavy atom. The summed E-state index contributed by atoms with van der Waals surface area (Å²) in [5.74, 6) is -1.01. The molecular formula is C21H16F3N7O2. The maximum atomic E-state index is 13.3. The Hall–Kier alpha value is -4.35. The van der Waals surface area contributed by atoms with Crippen LogP contribution in [0.25, 0.3) is 28.3 Å². The van der Waals surface area contributed by atoms with Crippen LogP contribution in [0.2, 0.25) is 0 Å². The average molecular weight is 455 g/mol. The number of alkyl halides is 3. The van der Waals surface area contributed by atoms with Crippen molar-refractivity contribution in [2.45, 2.75) is 13.1 Å². The molecule has 0 bridgehead atoms. The SMILES string of the molecule is Cc1ccc(-n2nnnc2-c2cnc(NCC(=O)O)nc2-c2cccc(C(F)(F)F)c2)cc1. The lowest BCUT2D eigenvalue weighted by Crippen LogP contribution is -2.15. The largest absolute Gasteiger partial charge is 0.480 e. The maximum absolute atomic E-state index is 13.3. The van der Waals surface area contributed by atoms with Crippen molar-refractivity contribution >= 4 is 11.9 Å². The number of aliphatic carboxylic acids is 1. The highest BCUT2D eigenvalue weighted by molar-refractivity contribution is 5.79. The number of anilines is 1. The third-order valence-electron chi connectivity index (χ3n) is 4.64. The van der Waals surface area contributed by atoms with E-state index in [4.69, 9.17) is 5.11 Å². The van der Waals surface area contributed by atoms with Crippen molar-refractivity contribution in [3.05, 3.63) is 65.9 Å². The van der Waals surface area contributed by atoms with E-state index in [1.807, 2.05) is 19.1 Å². The zero-order chi connectivity index (χ0) is 23.6. The van der Waals surface area contributed by atoms with E-state index in [1.165, 1.54) is 23.0 Å². The van der Waals surface area contributed by atoms with Gasteiger partial charge in [0.2, 0.25) is 5.95 Å². The molecule has 2 aromatic heterocycles. The van der Waals surface area contributed by atoms with Gasteiger partial charge in [0.15, 0.2) is 5.82 Å². The molecule has 0 radical (unpaired) electrons. The first-order valence-electron chi connectivity index (χ1n) is 9.58. The van der Waals surface area contributed by atoms with Gasteiger partial charge < -0.3 is 10.4 Å². The molecule has 0 aliphatic heterocycles. The number of tetrazole rings is 1. The van der Waals surface area contributed by atoms with Gasteiger partial charge in [0.05, 0.1) is 22.5 Å². The number of benzene rings is 2. The number of rotatable bonds is 6. The molecule has 0 atom stereocenters. The highest BCUT2D eigenvalue weighted by Gasteiger charge is 2.31. The van der Waals surface area contributed by atoms with E-state index in [2.05, 4.69) is 30.8 Å². The lowest BCUT2D eigenvalue weighted by molar-refractivity contribution is -0.137. The second-order valence-corrected chi connectivity index (χ2v) is 7.03. The minimum atomic E-state index is -4.56. The number of halogens is 3. The summed E-state index contributed by atoms with van der Waals surface area (Å²) in [7, 11) is 0. The summed E-state index contributed by atoms with van der Waals surface area (Å²) < 4.78 is 41.4. The number of carbonyl (C=O) groups is 1. The van der Waals surface area contributed by atoms with Crippen molar-refractivity contribution in [2.75, 3.05) is 11.9 Å². The lowest BCUT2D eigenvalue weighted by Gasteiger charge is -2.13. The Kier molecular flexibility index (Phi) is 5.73. The van der Waals surface area contributed by atoms with Crippen molar-refractivity contribution < 1.29 is 23.1 Å². The molecule has 0 saturated carbocycles. The molecule has 2 heterocycles. The van der Waals surface area contributed by atoms with Gasteiger partial charge in [0.25, 0.3) is 0 Å². The van der Waals surface area contributed by atoms with E-state index < -0.39 is 24.3 Å². The van der Waals surface area contributed by atoms with Crippen LogP contribution >= 0.6 is 0 Å².